The van der Waals surface area contributed by atoms with Gasteiger partial charge in [-0.2, -0.15) is 0 Å². The van der Waals surface area contributed by atoms with E-state index < -0.39 is 0 Å². The third-order valence-electron chi connectivity index (χ3n) is 3.25. The summed E-state index contributed by atoms with van der Waals surface area (Å²) in [5.74, 6) is 0. The van der Waals surface area contributed by atoms with Gasteiger partial charge in [-0.3, -0.25) is 0 Å². The molecule has 1 aromatic rings. The minimum atomic E-state index is 0.276. The van der Waals surface area contributed by atoms with Gasteiger partial charge in [-0.1, -0.05) is 12.1 Å². The topological polar surface area (TPSA) is 24.1 Å². The molecular weight excluding hydrogens is 216 g/mol. The van der Waals surface area contributed by atoms with Crippen LogP contribution in [0.3, 0.4) is 0 Å². The van der Waals surface area contributed by atoms with Crippen LogP contribution < -0.4 is 10.6 Å². The van der Waals surface area contributed by atoms with Crippen molar-refractivity contribution in [3.05, 3.63) is 29.8 Å². The van der Waals surface area contributed by atoms with E-state index in [1.165, 1.54) is 16.9 Å². The molecule has 2 nitrogen and oxygen atoms in total. The van der Waals surface area contributed by atoms with Gasteiger partial charge in [0.05, 0.1) is 0 Å². The van der Waals surface area contributed by atoms with E-state index in [-0.39, 0.29) is 5.54 Å². The van der Waals surface area contributed by atoms with E-state index in [9.17, 15) is 0 Å². The third-order valence-corrected chi connectivity index (χ3v) is 3.99. The number of thioether (sulfide) groups is 1. The molecule has 0 bridgehead atoms. The van der Waals surface area contributed by atoms with Crippen molar-refractivity contribution < 1.29 is 0 Å². The highest BCUT2D eigenvalue weighted by atomic mass is 32.2. The molecule has 0 radical (unpaired) electrons. The Labute approximate surface area is 102 Å². The zero-order valence-electron chi connectivity index (χ0n) is 10.0. The average Bonchev–Trinajstić information content (AvgIpc) is 2.75. The molecule has 1 heterocycles. The molecule has 1 unspecified atom stereocenters. The first kappa shape index (κ1) is 12.0. The fourth-order valence-electron chi connectivity index (χ4n) is 2.03. The third kappa shape index (κ3) is 3.00. The lowest BCUT2D eigenvalue weighted by Gasteiger charge is -2.24. The lowest BCUT2D eigenvalue weighted by molar-refractivity contribution is 0.385. The van der Waals surface area contributed by atoms with Crippen molar-refractivity contribution in [1.29, 1.82) is 0 Å². The van der Waals surface area contributed by atoms with Crippen LogP contribution >= 0.6 is 11.8 Å². The van der Waals surface area contributed by atoms with Gasteiger partial charge >= 0.3 is 0 Å². The van der Waals surface area contributed by atoms with Gasteiger partial charge in [0, 0.05) is 23.5 Å². The Bertz CT molecular complexity index is 328. The zero-order chi connectivity index (χ0) is 11.4. The van der Waals surface area contributed by atoms with Crippen LogP contribution in [0.2, 0.25) is 0 Å². The van der Waals surface area contributed by atoms with Gasteiger partial charge in [-0.25, -0.2) is 0 Å². The highest BCUT2D eigenvalue weighted by Gasteiger charge is 2.27. The minimum Gasteiger partial charge on any atom is -0.315 e. The van der Waals surface area contributed by atoms with Crippen molar-refractivity contribution >= 4 is 11.8 Å². The second-order valence-electron chi connectivity index (χ2n) is 4.69. The van der Waals surface area contributed by atoms with Crippen LogP contribution in [0.5, 0.6) is 0 Å². The summed E-state index contributed by atoms with van der Waals surface area (Å²) in [4.78, 5) is 1.33. The van der Waals surface area contributed by atoms with Gasteiger partial charge in [0.15, 0.2) is 0 Å². The molecule has 1 fully saturated rings. The Morgan fingerprint density at radius 3 is 2.69 bits per heavy atom. The van der Waals surface area contributed by atoms with E-state index in [2.05, 4.69) is 48.1 Å². The largest absolute Gasteiger partial charge is 0.315 e. The number of nitrogens with one attached hydrogen (secondary N) is 2. The van der Waals surface area contributed by atoms with E-state index in [1.54, 1.807) is 11.8 Å². The molecule has 2 rings (SSSR count). The summed E-state index contributed by atoms with van der Waals surface area (Å²) in [5.41, 5.74) is 1.64. The molecule has 0 aliphatic carbocycles. The van der Waals surface area contributed by atoms with Crippen LogP contribution in [-0.2, 0) is 6.54 Å². The van der Waals surface area contributed by atoms with Crippen molar-refractivity contribution in [3.8, 4) is 0 Å². The number of hydrogen-bond donors (Lipinski definition) is 2. The van der Waals surface area contributed by atoms with Gasteiger partial charge in [0.2, 0.25) is 0 Å². The summed E-state index contributed by atoms with van der Waals surface area (Å²) in [7, 11) is 0. The number of rotatable bonds is 4. The van der Waals surface area contributed by atoms with Crippen LogP contribution in [0.15, 0.2) is 29.2 Å². The number of benzene rings is 1. The molecule has 1 atom stereocenters. The molecule has 1 saturated heterocycles. The van der Waals surface area contributed by atoms with Crippen molar-refractivity contribution in [2.75, 3.05) is 19.3 Å². The Hall–Kier alpha value is -0.510. The average molecular weight is 236 g/mol. The normalized spacial score (nSPS) is 24.9. The standard InChI is InChI=1S/C13H20N2S/c1-13(7-8-14-10-13)15-9-11-3-5-12(16-2)6-4-11/h3-6,14-15H,7-10H2,1-2H3. The van der Waals surface area contributed by atoms with Crippen LogP contribution in [0.1, 0.15) is 18.9 Å². The SMILES string of the molecule is CSc1ccc(CNC2(C)CCNC2)cc1. The molecule has 1 aromatic carbocycles. The van der Waals surface area contributed by atoms with Crippen LogP contribution in [-0.4, -0.2) is 24.9 Å². The first-order valence-electron chi connectivity index (χ1n) is 5.81. The molecule has 1 aliphatic rings. The molecule has 0 spiro atoms. The predicted molar refractivity (Wildman–Crippen MR) is 71.0 cm³/mol. The molecule has 3 heteroatoms. The van der Waals surface area contributed by atoms with Crippen molar-refractivity contribution in [2.24, 2.45) is 0 Å². The molecule has 16 heavy (non-hydrogen) atoms. The summed E-state index contributed by atoms with van der Waals surface area (Å²) in [6, 6.07) is 8.81. The van der Waals surface area contributed by atoms with Crippen LogP contribution in [0.25, 0.3) is 0 Å². The first-order valence-corrected chi connectivity index (χ1v) is 7.03. The molecule has 2 N–H and O–H groups in total. The van der Waals surface area contributed by atoms with Gasteiger partial charge in [-0.05, 0) is 43.8 Å². The second kappa shape index (κ2) is 5.21. The summed E-state index contributed by atoms with van der Waals surface area (Å²) < 4.78 is 0. The minimum absolute atomic E-state index is 0.276. The molecule has 88 valence electrons. The molecule has 0 amide bonds. The lowest BCUT2D eigenvalue weighted by atomic mass is 10.0. The second-order valence-corrected chi connectivity index (χ2v) is 5.57. The predicted octanol–water partition coefficient (Wildman–Crippen LogP) is 2.25. The van der Waals surface area contributed by atoms with E-state index in [1.807, 2.05) is 0 Å². The van der Waals surface area contributed by atoms with Gasteiger partial charge in [0.25, 0.3) is 0 Å². The highest BCUT2D eigenvalue weighted by molar-refractivity contribution is 7.98. The summed E-state index contributed by atoms with van der Waals surface area (Å²) >= 11 is 1.79. The Kier molecular flexibility index (Phi) is 3.90. The summed E-state index contributed by atoms with van der Waals surface area (Å²) in [5, 5.41) is 7.04. The fraction of sp³-hybridized carbons (Fsp3) is 0.538. The van der Waals surface area contributed by atoms with Crippen molar-refractivity contribution in [1.82, 2.24) is 10.6 Å². The number of hydrogen-bond acceptors (Lipinski definition) is 3. The maximum atomic E-state index is 3.64. The maximum absolute atomic E-state index is 3.64. The molecule has 1 aliphatic heterocycles. The van der Waals surface area contributed by atoms with Gasteiger partial charge in [-0.15, -0.1) is 11.8 Å². The van der Waals surface area contributed by atoms with Crippen molar-refractivity contribution in [3.63, 3.8) is 0 Å². The van der Waals surface area contributed by atoms with Gasteiger partial charge in [0.1, 0.15) is 0 Å². The van der Waals surface area contributed by atoms with Crippen molar-refractivity contribution in [2.45, 2.75) is 30.3 Å². The van der Waals surface area contributed by atoms with E-state index in [4.69, 9.17) is 0 Å². The monoisotopic (exact) mass is 236 g/mol. The van der Waals surface area contributed by atoms with Crippen LogP contribution in [0, 0.1) is 0 Å². The Morgan fingerprint density at radius 2 is 2.12 bits per heavy atom. The molecule has 0 saturated carbocycles. The lowest BCUT2D eigenvalue weighted by Crippen LogP contribution is -2.43. The first-order chi connectivity index (χ1) is 7.72. The molecule has 0 aromatic heterocycles. The maximum Gasteiger partial charge on any atom is 0.0293 e. The Balaban J connectivity index is 1.89. The fourth-order valence-corrected chi connectivity index (χ4v) is 2.43. The quantitative estimate of drug-likeness (QED) is 0.784. The summed E-state index contributed by atoms with van der Waals surface area (Å²) in [6.07, 6.45) is 3.33. The zero-order valence-corrected chi connectivity index (χ0v) is 10.9. The van der Waals surface area contributed by atoms with Gasteiger partial charge < -0.3 is 10.6 Å². The molecular formula is C13H20N2S. The summed E-state index contributed by atoms with van der Waals surface area (Å²) in [6.45, 7) is 5.47. The Morgan fingerprint density at radius 1 is 1.38 bits per heavy atom. The smallest absolute Gasteiger partial charge is 0.0293 e. The highest BCUT2D eigenvalue weighted by Crippen LogP contribution is 2.17. The van der Waals surface area contributed by atoms with Crippen LogP contribution in [0.4, 0.5) is 0 Å². The van der Waals surface area contributed by atoms with E-state index in [0.717, 1.165) is 19.6 Å². The van der Waals surface area contributed by atoms with E-state index in [0.29, 0.717) is 0 Å². The van der Waals surface area contributed by atoms with E-state index >= 15 is 0 Å².